The van der Waals surface area contributed by atoms with Crippen LogP contribution in [0.5, 0.6) is 0 Å². The maximum Gasteiger partial charge on any atom is 0.0752 e. The quantitative estimate of drug-likeness (QED) is 0.803. The fraction of sp³-hybridized carbons (Fsp3) is 0.357. The number of anilines is 1. The third-order valence-corrected chi connectivity index (χ3v) is 3.28. The first-order valence-electron chi connectivity index (χ1n) is 6.23. The van der Waals surface area contributed by atoms with Gasteiger partial charge in [-0.25, -0.2) is 0 Å². The Kier molecular flexibility index (Phi) is 2.82. The fourth-order valence-electron chi connectivity index (χ4n) is 2.35. The lowest BCUT2D eigenvalue weighted by Gasteiger charge is -2.13. The number of aromatic nitrogens is 2. The van der Waals surface area contributed by atoms with Gasteiger partial charge in [-0.05, 0) is 18.4 Å². The van der Waals surface area contributed by atoms with E-state index in [9.17, 15) is 0 Å². The molecule has 3 nitrogen and oxygen atoms in total. The summed E-state index contributed by atoms with van der Waals surface area (Å²) in [6.07, 6.45) is 6.75. The third-order valence-electron chi connectivity index (χ3n) is 3.28. The van der Waals surface area contributed by atoms with Crippen molar-refractivity contribution in [2.24, 2.45) is 0 Å². The van der Waals surface area contributed by atoms with Crippen LogP contribution in [0.25, 0.3) is 0 Å². The molecule has 1 aliphatic rings. The zero-order valence-corrected chi connectivity index (χ0v) is 9.92. The lowest BCUT2D eigenvalue weighted by Crippen LogP contribution is -2.16. The van der Waals surface area contributed by atoms with E-state index in [0.29, 0.717) is 0 Å². The average Bonchev–Trinajstić information content (AvgIpc) is 3.00. The van der Waals surface area contributed by atoms with Gasteiger partial charge in [-0.2, -0.15) is 5.10 Å². The van der Waals surface area contributed by atoms with Gasteiger partial charge >= 0.3 is 0 Å². The second-order valence-corrected chi connectivity index (χ2v) is 4.58. The molecule has 2 heterocycles. The molecule has 1 aliphatic heterocycles. The average molecular weight is 227 g/mol. The number of benzene rings is 1. The highest BCUT2D eigenvalue weighted by molar-refractivity contribution is 5.43. The summed E-state index contributed by atoms with van der Waals surface area (Å²) >= 11 is 0. The molecular formula is C14H17N3. The van der Waals surface area contributed by atoms with E-state index in [4.69, 9.17) is 0 Å². The topological polar surface area (TPSA) is 21.1 Å². The van der Waals surface area contributed by atoms with Crippen LogP contribution in [0, 0.1) is 0 Å². The Morgan fingerprint density at radius 2 is 1.82 bits per heavy atom. The minimum atomic E-state index is 0.856. The summed E-state index contributed by atoms with van der Waals surface area (Å²) in [4.78, 5) is 2.41. The van der Waals surface area contributed by atoms with Gasteiger partial charge < -0.3 is 4.90 Å². The lowest BCUT2D eigenvalue weighted by atomic mass is 10.2. The van der Waals surface area contributed by atoms with E-state index in [1.54, 1.807) is 0 Å². The van der Waals surface area contributed by atoms with Crippen LogP contribution in [-0.4, -0.2) is 22.9 Å². The Morgan fingerprint density at radius 3 is 2.59 bits per heavy atom. The molecule has 3 rings (SSSR count). The van der Waals surface area contributed by atoms with E-state index in [1.807, 2.05) is 16.9 Å². The highest BCUT2D eigenvalue weighted by atomic mass is 15.3. The number of hydrogen-bond acceptors (Lipinski definition) is 2. The van der Waals surface area contributed by atoms with Crippen LogP contribution in [0.1, 0.15) is 18.4 Å². The van der Waals surface area contributed by atoms with Gasteiger partial charge in [0, 0.05) is 19.3 Å². The van der Waals surface area contributed by atoms with Gasteiger partial charge in [0.05, 0.1) is 18.4 Å². The van der Waals surface area contributed by atoms with E-state index < -0.39 is 0 Å². The van der Waals surface area contributed by atoms with Crippen LogP contribution in [-0.2, 0) is 6.54 Å². The second-order valence-electron chi connectivity index (χ2n) is 4.58. The van der Waals surface area contributed by atoms with Crippen molar-refractivity contribution in [3.05, 3.63) is 48.3 Å². The third kappa shape index (κ3) is 2.33. The molecule has 88 valence electrons. The molecule has 2 aromatic rings. The summed E-state index contributed by atoms with van der Waals surface area (Å²) in [5, 5.41) is 4.43. The van der Waals surface area contributed by atoms with Gasteiger partial charge in [0.15, 0.2) is 0 Å². The summed E-state index contributed by atoms with van der Waals surface area (Å²) < 4.78 is 2.02. The molecule has 0 radical (unpaired) electrons. The summed E-state index contributed by atoms with van der Waals surface area (Å²) in [5.74, 6) is 0. The van der Waals surface area contributed by atoms with Crippen LogP contribution in [0.4, 0.5) is 5.69 Å². The SMILES string of the molecule is c1ccc(Cn2cc(N3CCCC3)cn2)cc1. The highest BCUT2D eigenvalue weighted by Crippen LogP contribution is 2.19. The van der Waals surface area contributed by atoms with Crippen LogP contribution in [0.3, 0.4) is 0 Å². The molecule has 0 amide bonds. The van der Waals surface area contributed by atoms with Crippen molar-refractivity contribution in [1.82, 2.24) is 9.78 Å². The van der Waals surface area contributed by atoms with Crippen molar-refractivity contribution in [2.45, 2.75) is 19.4 Å². The summed E-state index contributed by atoms with van der Waals surface area (Å²) in [6, 6.07) is 10.5. The first kappa shape index (κ1) is 10.4. The van der Waals surface area contributed by atoms with E-state index in [1.165, 1.54) is 37.2 Å². The normalized spacial score (nSPS) is 15.4. The number of rotatable bonds is 3. The molecule has 17 heavy (non-hydrogen) atoms. The Balaban J connectivity index is 1.72. The van der Waals surface area contributed by atoms with Gasteiger partial charge in [-0.1, -0.05) is 30.3 Å². The maximum atomic E-state index is 4.43. The minimum Gasteiger partial charge on any atom is -0.369 e. The molecule has 0 bridgehead atoms. The molecule has 0 atom stereocenters. The van der Waals surface area contributed by atoms with E-state index >= 15 is 0 Å². The predicted octanol–water partition coefficient (Wildman–Crippen LogP) is 2.53. The van der Waals surface area contributed by atoms with E-state index in [-0.39, 0.29) is 0 Å². The van der Waals surface area contributed by atoms with Gasteiger partial charge in [-0.3, -0.25) is 4.68 Å². The molecule has 1 aromatic carbocycles. The van der Waals surface area contributed by atoms with Crippen LogP contribution >= 0.6 is 0 Å². The maximum absolute atomic E-state index is 4.43. The minimum absolute atomic E-state index is 0.856. The lowest BCUT2D eigenvalue weighted by molar-refractivity contribution is 0.686. The number of nitrogens with zero attached hydrogens (tertiary/aromatic N) is 3. The van der Waals surface area contributed by atoms with Crippen molar-refractivity contribution in [1.29, 1.82) is 0 Å². The van der Waals surface area contributed by atoms with Gasteiger partial charge in [0.2, 0.25) is 0 Å². The molecule has 1 aromatic heterocycles. The van der Waals surface area contributed by atoms with Crippen LogP contribution < -0.4 is 4.90 Å². The summed E-state index contributed by atoms with van der Waals surface area (Å²) in [5.41, 5.74) is 2.56. The summed E-state index contributed by atoms with van der Waals surface area (Å²) in [7, 11) is 0. The van der Waals surface area contributed by atoms with Crippen molar-refractivity contribution in [2.75, 3.05) is 18.0 Å². The fourth-order valence-corrected chi connectivity index (χ4v) is 2.35. The largest absolute Gasteiger partial charge is 0.369 e. The van der Waals surface area contributed by atoms with Crippen LogP contribution in [0.2, 0.25) is 0 Å². The zero-order chi connectivity index (χ0) is 11.5. The Hall–Kier alpha value is -1.77. The van der Waals surface area contributed by atoms with Crippen molar-refractivity contribution >= 4 is 5.69 Å². The van der Waals surface area contributed by atoms with E-state index in [0.717, 1.165) is 6.54 Å². The standard InChI is InChI=1S/C14H17N3/c1-2-6-13(7-3-1)11-17-12-14(10-15-17)16-8-4-5-9-16/h1-3,6-7,10,12H,4-5,8-9,11H2. The van der Waals surface area contributed by atoms with Crippen molar-refractivity contribution < 1.29 is 0 Å². The first-order chi connectivity index (χ1) is 8.42. The van der Waals surface area contributed by atoms with Gasteiger partial charge in [0.1, 0.15) is 0 Å². The van der Waals surface area contributed by atoms with Gasteiger partial charge in [-0.15, -0.1) is 0 Å². The van der Waals surface area contributed by atoms with Crippen molar-refractivity contribution in [3.63, 3.8) is 0 Å². The number of hydrogen-bond donors (Lipinski definition) is 0. The predicted molar refractivity (Wildman–Crippen MR) is 69.2 cm³/mol. The first-order valence-corrected chi connectivity index (χ1v) is 6.23. The van der Waals surface area contributed by atoms with Crippen LogP contribution in [0.15, 0.2) is 42.7 Å². The van der Waals surface area contributed by atoms with E-state index in [2.05, 4.69) is 40.5 Å². The molecule has 0 N–H and O–H groups in total. The molecule has 0 aliphatic carbocycles. The Labute approximate surface area is 102 Å². The molecule has 0 saturated carbocycles. The molecular weight excluding hydrogens is 210 g/mol. The summed E-state index contributed by atoms with van der Waals surface area (Å²) in [6.45, 7) is 3.21. The molecule has 0 spiro atoms. The van der Waals surface area contributed by atoms with Gasteiger partial charge in [0.25, 0.3) is 0 Å². The monoisotopic (exact) mass is 227 g/mol. The second kappa shape index (κ2) is 4.62. The van der Waals surface area contributed by atoms with Crippen molar-refractivity contribution in [3.8, 4) is 0 Å². The smallest absolute Gasteiger partial charge is 0.0752 e. The molecule has 1 fully saturated rings. The zero-order valence-electron chi connectivity index (χ0n) is 9.92. The Bertz CT molecular complexity index is 469. The molecule has 1 saturated heterocycles. The molecule has 3 heteroatoms. The molecule has 0 unspecified atom stereocenters. The Morgan fingerprint density at radius 1 is 1.06 bits per heavy atom. The highest BCUT2D eigenvalue weighted by Gasteiger charge is 2.13.